The standard InChI is InChI=1S/C16H18N2O3/c1-11-7-8-16(19)14(9-11)12(2)17-10-13-5-3-4-6-15(13)18(20)21/h3-9,12,17,19H,10H2,1-2H3. The van der Waals surface area contributed by atoms with Crippen LogP contribution in [0.1, 0.15) is 29.7 Å². The van der Waals surface area contributed by atoms with Gasteiger partial charge in [-0.1, -0.05) is 35.9 Å². The van der Waals surface area contributed by atoms with Crippen molar-refractivity contribution in [3.63, 3.8) is 0 Å². The number of hydrogen-bond donors (Lipinski definition) is 2. The first-order valence-corrected chi connectivity index (χ1v) is 6.74. The van der Waals surface area contributed by atoms with Gasteiger partial charge in [-0.2, -0.15) is 0 Å². The lowest BCUT2D eigenvalue weighted by Gasteiger charge is -2.16. The number of nitro benzene ring substituents is 1. The molecule has 0 saturated heterocycles. The predicted octanol–water partition coefficient (Wildman–Crippen LogP) is 3.46. The van der Waals surface area contributed by atoms with E-state index < -0.39 is 0 Å². The van der Waals surface area contributed by atoms with E-state index in [2.05, 4.69) is 5.32 Å². The molecule has 110 valence electrons. The van der Waals surface area contributed by atoms with Crippen LogP contribution in [0.3, 0.4) is 0 Å². The number of hydrogen-bond acceptors (Lipinski definition) is 4. The summed E-state index contributed by atoms with van der Waals surface area (Å²) in [6.45, 7) is 4.24. The molecule has 0 aliphatic carbocycles. The van der Waals surface area contributed by atoms with Crippen LogP contribution in [0, 0.1) is 17.0 Å². The molecule has 0 heterocycles. The van der Waals surface area contributed by atoms with Gasteiger partial charge in [-0.15, -0.1) is 0 Å². The molecular weight excluding hydrogens is 268 g/mol. The van der Waals surface area contributed by atoms with Crippen molar-refractivity contribution in [1.82, 2.24) is 5.32 Å². The highest BCUT2D eigenvalue weighted by atomic mass is 16.6. The summed E-state index contributed by atoms with van der Waals surface area (Å²) in [5.74, 6) is 0.225. The first-order chi connectivity index (χ1) is 9.99. The third kappa shape index (κ3) is 3.58. The van der Waals surface area contributed by atoms with Crippen molar-refractivity contribution in [2.24, 2.45) is 0 Å². The van der Waals surface area contributed by atoms with Crippen LogP contribution in [0.2, 0.25) is 0 Å². The van der Waals surface area contributed by atoms with Gasteiger partial charge in [-0.3, -0.25) is 10.1 Å². The van der Waals surface area contributed by atoms with Crippen LogP contribution in [0.25, 0.3) is 0 Å². The zero-order chi connectivity index (χ0) is 15.4. The van der Waals surface area contributed by atoms with E-state index in [4.69, 9.17) is 0 Å². The maximum atomic E-state index is 11.0. The fourth-order valence-corrected chi connectivity index (χ4v) is 2.23. The molecule has 0 spiro atoms. The molecule has 1 atom stereocenters. The Morgan fingerprint density at radius 3 is 2.71 bits per heavy atom. The van der Waals surface area contributed by atoms with Crippen molar-refractivity contribution in [3.05, 3.63) is 69.3 Å². The number of nitro groups is 1. The molecule has 0 amide bonds. The van der Waals surface area contributed by atoms with Gasteiger partial charge in [0.05, 0.1) is 4.92 Å². The van der Waals surface area contributed by atoms with Crippen molar-refractivity contribution in [1.29, 1.82) is 0 Å². The van der Waals surface area contributed by atoms with Crippen molar-refractivity contribution in [2.75, 3.05) is 0 Å². The Balaban J connectivity index is 2.13. The number of phenols is 1. The molecular formula is C16H18N2O3. The number of aryl methyl sites for hydroxylation is 1. The van der Waals surface area contributed by atoms with E-state index in [1.807, 2.05) is 26.0 Å². The number of rotatable bonds is 5. The van der Waals surface area contributed by atoms with Gasteiger partial charge in [0.15, 0.2) is 0 Å². The summed E-state index contributed by atoms with van der Waals surface area (Å²) < 4.78 is 0. The summed E-state index contributed by atoms with van der Waals surface area (Å²) in [6.07, 6.45) is 0. The third-order valence-electron chi connectivity index (χ3n) is 3.44. The van der Waals surface area contributed by atoms with Gasteiger partial charge in [0.1, 0.15) is 5.75 Å². The summed E-state index contributed by atoms with van der Waals surface area (Å²) in [5, 5.41) is 24.1. The summed E-state index contributed by atoms with van der Waals surface area (Å²) >= 11 is 0. The van der Waals surface area contributed by atoms with Crippen LogP contribution in [-0.2, 0) is 6.54 Å². The second-order valence-corrected chi connectivity index (χ2v) is 5.05. The predicted molar refractivity (Wildman–Crippen MR) is 81.2 cm³/mol. The molecule has 0 aliphatic rings. The Morgan fingerprint density at radius 1 is 1.29 bits per heavy atom. The number of aromatic hydroxyl groups is 1. The van der Waals surface area contributed by atoms with E-state index in [0.717, 1.165) is 11.1 Å². The molecule has 1 unspecified atom stereocenters. The van der Waals surface area contributed by atoms with Crippen molar-refractivity contribution < 1.29 is 10.0 Å². The molecule has 5 heteroatoms. The van der Waals surface area contributed by atoms with E-state index in [-0.39, 0.29) is 22.4 Å². The smallest absolute Gasteiger partial charge is 0.273 e. The molecule has 2 aromatic rings. The van der Waals surface area contributed by atoms with Gasteiger partial charge < -0.3 is 10.4 Å². The van der Waals surface area contributed by atoms with Gasteiger partial charge in [0.2, 0.25) is 0 Å². The number of benzene rings is 2. The summed E-state index contributed by atoms with van der Waals surface area (Å²) in [4.78, 5) is 10.6. The van der Waals surface area contributed by atoms with Gasteiger partial charge in [-0.05, 0) is 19.9 Å². The Bertz CT molecular complexity index is 656. The molecule has 0 aromatic heterocycles. The Labute approximate surface area is 123 Å². The first kappa shape index (κ1) is 15.0. The largest absolute Gasteiger partial charge is 0.508 e. The number of nitrogens with zero attached hydrogens (tertiary/aromatic N) is 1. The van der Waals surface area contributed by atoms with Gasteiger partial charge in [0.25, 0.3) is 5.69 Å². The summed E-state index contributed by atoms with van der Waals surface area (Å²) in [5.41, 5.74) is 2.57. The fourth-order valence-electron chi connectivity index (χ4n) is 2.23. The molecule has 0 bridgehead atoms. The fraction of sp³-hybridized carbons (Fsp3) is 0.250. The zero-order valence-corrected chi connectivity index (χ0v) is 12.0. The topological polar surface area (TPSA) is 75.4 Å². The molecule has 2 aromatic carbocycles. The SMILES string of the molecule is Cc1ccc(O)c(C(C)NCc2ccccc2[N+](=O)[O-])c1. The van der Waals surface area contributed by atoms with E-state index >= 15 is 0 Å². The summed E-state index contributed by atoms with van der Waals surface area (Å²) in [7, 11) is 0. The first-order valence-electron chi connectivity index (χ1n) is 6.74. The van der Waals surface area contributed by atoms with E-state index in [1.54, 1.807) is 24.3 Å². The maximum absolute atomic E-state index is 11.0. The molecule has 0 saturated carbocycles. The van der Waals surface area contributed by atoms with Crippen LogP contribution in [0.15, 0.2) is 42.5 Å². The molecule has 0 radical (unpaired) electrons. The van der Waals surface area contributed by atoms with Crippen LogP contribution in [-0.4, -0.2) is 10.0 Å². The van der Waals surface area contributed by atoms with Gasteiger partial charge in [-0.25, -0.2) is 0 Å². The Kier molecular flexibility index (Phi) is 4.55. The van der Waals surface area contributed by atoms with Crippen molar-refractivity contribution >= 4 is 5.69 Å². The number of para-hydroxylation sites is 1. The highest BCUT2D eigenvalue weighted by molar-refractivity contribution is 5.40. The van der Waals surface area contributed by atoms with Crippen LogP contribution in [0.4, 0.5) is 5.69 Å². The maximum Gasteiger partial charge on any atom is 0.273 e. The van der Waals surface area contributed by atoms with Crippen molar-refractivity contribution in [3.8, 4) is 5.75 Å². The van der Waals surface area contributed by atoms with E-state index in [1.165, 1.54) is 6.07 Å². The van der Waals surface area contributed by atoms with Crippen molar-refractivity contribution in [2.45, 2.75) is 26.4 Å². The second-order valence-electron chi connectivity index (χ2n) is 5.05. The number of nitrogens with one attached hydrogen (secondary N) is 1. The summed E-state index contributed by atoms with van der Waals surface area (Å²) in [6, 6.07) is 12.0. The Hall–Kier alpha value is -2.40. The normalized spacial score (nSPS) is 12.1. The highest BCUT2D eigenvalue weighted by Crippen LogP contribution is 2.26. The lowest BCUT2D eigenvalue weighted by Crippen LogP contribution is -2.19. The van der Waals surface area contributed by atoms with Crippen LogP contribution in [0.5, 0.6) is 5.75 Å². The molecule has 5 nitrogen and oxygen atoms in total. The van der Waals surface area contributed by atoms with Crippen LogP contribution >= 0.6 is 0 Å². The molecule has 2 rings (SSSR count). The molecule has 0 fully saturated rings. The highest BCUT2D eigenvalue weighted by Gasteiger charge is 2.15. The minimum absolute atomic E-state index is 0.102. The average molecular weight is 286 g/mol. The monoisotopic (exact) mass is 286 g/mol. The average Bonchev–Trinajstić information content (AvgIpc) is 2.47. The lowest BCUT2D eigenvalue weighted by molar-refractivity contribution is -0.385. The zero-order valence-electron chi connectivity index (χ0n) is 12.0. The lowest BCUT2D eigenvalue weighted by atomic mass is 10.0. The molecule has 21 heavy (non-hydrogen) atoms. The number of phenolic OH excluding ortho intramolecular Hbond substituents is 1. The van der Waals surface area contributed by atoms with E-state index in [9.17, 15) is 15.2 Å². The van der Waals surface area contributed by atoms with Crippen LogP contribution < -0.4 is 5.32 Å². The minimum atomic E-state index is -0.383. The minimum Gasteiger partial charge on any atom is -0.508 e. The van der Waals surface area contributed by atoms with E-state index in [0.29, 0.717) is 12.1 Å². The molecule has 2 N–H and O–H groups in total. The Morgan fingerprint density at radius 2 is 2.00 bits per heavy atom. The van der Waals surface area contributed by atoms with Gasteiger partial charge >= 0.3 is 0 Å². The van der Waals surface area contributed by atoms with Gasteiger partial charge in [0, 0.05) is 29.8 Å². The quantitative estimate of drug-likeness (QED) is 0.652. The third-order valence-corrected chi connectivity index (χ3v) is 3.44. The molecule has 0 aliphatic heterocycles. The second kappa shape index (κ2) is 6.37.